The van der Waals surface area contributed by atoms with Crippen LogP contribution in [0.1, 0.15) is 18.4 Å². The van der Waals surface area contributed by atoms with Crippen molar-refractivity contribution in [3.63, 3.8) is 0 Å². The number of rotatable bonds is 5. The summed E-state index contributed by atoms with van der Waals surface area (Å²) in [6.45, 7) is 3.66. The summed E-state index contributed by atoms with van der Waals surface area (Å²) in [5, 5.41) is 10.2. The second-order valence-electron chi connectivity index (χ2n) is 5.89. The van der Waals surface area contributed by atoms with Crippen molar-refractivity contribution in [3.05, 3.63) is 48.2 Å². The lowest BCUT2D eigenvalue weighted by atomic mass is 10.2. The molecule has 1 aromatic heterocycles. The van der Waals surface area contributed by atoms with Crippen molar-refractivity contribution in [3.8, 4) is 0 Å². The Balaban J connectivity index is 1.48. The molecule has 1 fully saturated rings. The van der Waals surface area contributed by atoms with Gasteiger partial charge in [0.15, 0.2) is 5.11 Å². The summed E-state index contributed by atoms with van der Waals surface area (Å²) in [5.74, 6) is 0.794. The van der Waals surface area contributed by atoms with Crippen LogP contribution in [0.5, 0.6) is 0 Å². The first kappa shape index (κ1) is 16.7. The highest BCUT2D eigenvalue weighted by atomic mass is 32.1. The summed E-state index contributed by atoms with van der Waals surface area (Å²) in [4.78, 5) is 4.40. The van der Waals surface area contributed by atoms with E-state index in [0.29, 0.717) is 5.11 Å². The minimum absolute atomic E-state index is 0.268. The third-order valence-corrected chi connectivity index (χ3v) is 4.11. The lowest BCUT2D eigenvalue weighted by molar-refractivity contribution is 0.114. The van der Waals surface area contributed by atoms with E-state index in [9.17, 15) is 0 Å². The van der Waals surface area contributed by atoms with Crippen LogP contribution < -0.4 is 16.0 Å². The van der Waals surface area contributed by atoms with Crippen LogP contribution in [0, 0.1) is 6.92 Å². The number of nitrogens with zero attached hydrogens (tertiary/aromatic N) is 1. The van der Waals surface area contributed by atoms with Crippen molar-refractivity contribution in [1.29, 1.82) is 0 Å². The third-order valence-electron chi connectivity index (χ3n) is 3.86. The van der Waals surface area contributed by atoms with Gasteiger partial charge in [-0.25, -0.2) is 4.98 Å². The van der Waals surface area contributed by atoms with Gasteiger partial charge in [-0.05, 0) is 56.2 Å². The molecule has 2 heterocycles. The Kier molecular flexibility index (Phi) is 5.61. The van der Waals surface area contributed by atoms with Gasteiger partial charge in [0, 0.05) is 18.8 Å². The van der Waals surface area contributed by atoms with Crippen LogP contribution in [0.25, 0.3) is 0 Å². The Hall–Kier alpha value is -2.18. The number of hydrogen-bond acceptors (Lipinski definition) is 4. The number of aromatic nitrogens is 1. The summed E-state index contributed by atoms with van der Waals surface area (Å²) in [5.41, 5.74) is 3.11. The molecule has 1 aliphatic heterocycles. The number of aryl methyl sites for hydroxylation is 1. The summed E-state index contributed by atoms with van der Waals surface area (Å²) in [6, 6.07) is 12.1. The minimum Gasteiger partial charge on any atom is -0.376 e. The smallest absolute Gasteiger partial charge is 0.170 e. The Labute approximate surface area is 147 Å². The maximum absolute atomic E-state index is 5.56. The third kappa shape index (κ3) is 4.91. The van der Waals surface area contributed by atoms with Gasteiger partial charge in [0.1, 0.15) is 5.82 Å². The normalized spacial score (nSPS) is 16.6. The first-order chi connectivity index (χ1) is 11.7. The van der Waals surface area contributed by atoms with Crippen molar-refractivity contribution in [2.24, 2.45) is 0 Å². The molecule has 0 radical (unpaired) electrons. The number of ether oxygens (including phenoxy) is 1. The van der Waals surface area contributed by atoms with E-state index in [1.807, 2.05) is 24.3 Å². The monoisotopic (exact) mass is 342 g/mol. The van der Waals surface area contributed by atoms with Crippen LogP contribution in [0.2, 0.25) is 0 Å². The molecular formula is C18H22N4OS. The molecule has 1 aliphatic rings. The molecule has 3 N–H and O–H groups in total. The van der Waals surface area contributed by atoms with E-state index in [1.165, 1.54) is 5.56 Å². The van der Waals surface area contributed by atoms with E-state index < -0.39 is 0 Å². The number of benzene rings is 1. The molecule has 1 saturated heterocycles. The Morgan fingerprint density at radius 1 is 1.21 bits per heavy atom. The van der Waals surface area contributed by atoms with E-state index in [1.54, 1.807) is 6.20 Å². The van der Waals surface area contributed by atoms with E-state index in [-0.39, 0.29) is 6.10 Å². The molecule has 126 valence electrons. The van der Waals surface area contributed by atoms with Gasteiger partial charge in [-0.15, -0.1) is 0 Å². The summed E-state index contributed by atoms with van der Waals surface area (Å²) >= 11 is 5.30. The van der Waals surface area contributed by atoms with Crippen LogP contribution >= 0.6 is 12.2 Å². The second kappa shape index (κ2) is 8.08. The quantitative estimate of drug-likeness (QED) is 0.722. The topological polar surface area (TPSA) is 58.2 Å². The molecule has 0 amide bonds. The van der Waals surface area contributed by atoms with Gasteiger partial charge in [-0.3, -0.25) is 0 Å². The average molecular weight is 342 g/mol. The Morgan fingerprint density at radius 3 is 2.67 bits per heavy atom. The van der Waals surface area contributed by atoms with Crippen LogP contribution in [-0.2, 0) is 4.74 Å². The number of thiocarbonyl (C=S) groups is 1. The average Bonchev–Trinajstić information content (AvgIpc) is 3.10. The molecule has 1 atom stereocenters. The summed E-state index contributed by atoms with van der Waals surface area (Å²) in [7, 11) is 0. The fourth-order valence-corrected chi connectivity index (χ4v) is 2.71. The molecule has 0 aliphatic carbocycles. The SMILES string of the molecule is Cc1ccc(Nc2ccc(NC(=S)NC[C@@H]3CCCO3)cn2)cc1. The highest BCUT2D eigenvalue weighted by Gasteiger charge is 2.15. The first-order valence-corrected chi connectivity index (χ1v) is 8.56. The largest absolute Gasteiger partial charge is 0.376 e. The molecule has 3 rings (SSSR count). The molecular weight excluding hydrogens is 320 g/mol. The first-order valence-electron chi connectivity index (χ1n) is 8.15. The van der Waals surface area contributed by atoms with E-state index >= 15 is 0 Å². The minimum atomic E-state index is 0.268. The highest BCUT2D eigenvalue weighted by Crippen LogP contribution is 2.16. The zero-order chi connectivity index (χ0) is 16.8. The van der Waals surface area contributed by atoms with Gasteiger partial charge >= 0.3 is 0 Å². The van der Waals surface area contributed by atoms with Crippen molar-refractivity contribution < 1.29 is 4.74 Å². The van der Waals surface area contributed by atoms with Gasteiger partial charge in [-0.2, -0.15) is 0 Å². The lowest BCUT2D eigenvalue weighted by Gasteiger charge is -2.14. The standard InChI is InChI=1S/C18H22N4OS/c1-13-4-6-14(7-5-13)21-17-9-8-15(11-19-17)22-18(24)20-12-16-3-2-10-23-16/h4-9,11,16H,2-3,10,12H2,1H3,(H,19,21)(H2,20,22,24)/t16-/m0/s1. The fraction of sp³-hybridized carbons (Fsp3) is 0.333. The second-order valence-corrected chi connectivity index (χ2v) is 6.30. The van der Waals surface area contributed by atoms with Gasteiger partial charge in [0.2, 0.25) is 0 Å². The van der Waals surface area contributed by atoms with E-state index in [0.717, 1.165) is 43.2 Å². The lowest BCUT2D eigenvalue weighted by Crippen LogP contribution is -2.34. The summed E-state index contributed by atoms with van der Waals surface area (Å²) < 4.78 is 5.56. The molecule has 0 saturated carbocycles. The molecule has 24 heavy (non-hydrogen) atoms. The maximum Gasteiger partial charge on any atom is 0.170 e. The zero-order valence-electron chi connectivity index (χ0n) is 13.7. The number of nitrogens with one attached hydrogen (secondary N) is 3. The molecule has 1 aromatic carbocycles. The fourth-order valence-electron chi connectivity index (χ4n) is 2.51. The molecule has 6 heteroatoms. The highest BCUT2D eigenvalue weighted by molar-refractivity contribution is 7.80. The van der Waals surface area contributed by atoms with Crippen molar-refractivity contribution in [2.45, 2.75) is 25.9 Å². The van der Waals surface area contributed by atoms with E-state index in [4.69, 9.17) is 17.0 Å². The van der Waals surface area contributed by atoms with Gasteiger partial charge < -0.3 is 20.7 Å². The van der Waals surface area contributed by atoms with Crippen molar-refractivity contribution in [2.75, 3.05) is 23.8 Å². The predicted octanol–water partition coefficient (Wildman–Crippen LogP) is 3.60. The van der Waals surface area contributed by atoms with Crippen molar-refractivity contribution in [1.82, 2.24) is 10.3 Å². The molecule has 0 unspecified atom stereocenters. The summed E-state index contributed by atoms with van der Waals surface area (Å²) in [6.07, 6.45) is 4.25. The number of anilines is 3. The van der Waals surface area contributed by atoms with Gasteiger partial charge in [0.05, 0.1) is 18.0 Å². The zero-order valence-corrected chi connectivity index (χ0v) is 14.5. The van der Waals surface area contributed by atoms with Gasteiger partial charge in [0.25, 0.3) is 0 Å². The predicted molar refractivity (Wildman–Crippen MR) is 102 cm³/mol. The Morgan fingerprint density at radius 2 is 2.00 bits per heavy atom. The maximum atomic E-state index is 5.56. The number of pyridine rings is 1. The molecule has 0 spiro atoms. The van der Waals surface area contributed by atoms with Crippen LogP contribution in [-0.4, -0.2) is 29.4 Å². The van der Waals surface area contributed by atoms with Crippen LogP contribution in [0.3, 0.4) is 0 Å². The van der Waals surface area contributed by atoms with E-state index in [2.05, 4.69) is 40.0 Å². The Bertz CT molecular complexity index is 666. The van der Waals surface area contributed by atoms with Gasteiger partial charge in [-0.1, -0.05) is 17.7 Å². The van der Waals surface area contributed by atoms with Crippen LogP contribution in [0.4, 0.5) is 17.2 Å². The van der Waals surface area contributed by atoms with Crippen LogP contribution in [0.15, 0.2) is 42.6 Å². The van der Waals surface area contributed by atoms with Crippen molar-refractivity contribution >= 4 is 34.5 Å². The number of hydrogen-bond donors (Lipinski definition) is 3. The molecule has 2 aromatic rings. The molecule has 0 bridgehead atoms. The molecule has 5 nitrogen and oxygen atoms in total.